The van der Waals surface area contributed by atoms with Crippen molar-refractivity contribution >= 4 is 23.0 Å². The van der Waals surface area contributed by atoms with E-state index >= 15 is 0 Å². The van der Waals surface area contributed by atoms with Crippen LogP contribution in [0.25, 0.3) is 0 Å². The quantitative estimate of drug-likeness (QED) is 0.529. The molecule has 1 aromatic heterocycles. The zero-order valence-electron chi connectivity index (χ0n) is 7.39. The van der Waals surface area contributed by atoms with Crippen molar-refractivity contribution < 1.29 is 10.2 Å². The van der Waals surface area contributed by atoms with Gasteiger partial charge < -0.3 is 21.7 Å². The van der Waals surface area contributed by atoms with Gasteiger partial charge in [0.1, 0.15) is 6.10 Å². The molecular weight excluding hydrogens is 206 g/mol. The highest BCUT2D eigenvalue weighted by molar-refractivity contribution is 6.18. The standard InChI is InChI=1S/C8H12ClN3O2/c9-1-6(13)8(14)4-2-12-3-5(10)7(4)11/h2-3,6,8,13-14H,1,10H2,(H2,11,12). The summed E-state index contributed by atoms with van der Waals surface area (Å²) in [5.41, 5.74) is 11.9. The third-order valence-electron chi connectivity index (χ3n) is 1.89. The molecule has 0 aliphatic heterocycles. The van der Waals surface area contributed by atoms with Crippen molar-refractivity contribution in [2.24, 2.45) is 0 Å². The fraction of sp³-hybridized carbons (Fsp3) is 0.375. The number of nitrogens with zero attached hydrogens (tertiary/aromatic N) is 1. The van der Waals surface area contributed by atoms with Gasteiger partial charge in [-0.15, -0.1) is 11.6 Å². The van der Waals surface area contributed by atoms with Gasteiger partial charge in [-0.3, -0.25) is 4.98 Å². The van der Waals surface area contributed by atoms with Gasteiger partial charge in [0.05, 0.1) is 29.6 Å². The van der Waals surface area contributed by atoms with Crippen LogP contribution in [0.4, 0.5) is 11.4 Å². The Morgan fingerprint density at radius 2 is 2.00 bits per heavy atom. The number of nitrogen functional groups attached to an aromatic ring is 2. The van der Waals surface area contributed by atoms with Gasteiger partial charge in [0, 0.05) is 11.8 Å². The topological polar surface area (TPSA) is 105 Å². The highest BCUT2D eigenvalue weighted by Crippen LogP contribution is 2.26. The number of hydrogen-bond donors (Lipinski definition) is 4. The fourth-order valence-electron chi connectivity index (χ4n) is 1.03. The lowest BCUT2D eigenvalue weighted by atomic mass is 10.1. The molecule has 2 unspecified atom stereocenters. The number of pyridine rings is 1. The summed E-state index contributed by atoms with van der Waals surface area (Å²) in [5, 5.41) is 18.9. The predicted octanol–water partition coefficient (Wildman–Crippen LogP) is -0.121. The number of aromatic nitrogens is 1. The van der Waals surface area contributed by atoms with Gasteiger partial charge in [-0.2, -0.15) is 0 Å². The molecule has 0 spiro atoms. The van der Waals surface area contributed by atoms with E-state index in [0.717, 1.165) is 0 Å². The van der Waals surface area contributed by atoms with Crippen LogP contribution in [0, 0.1) is 0 Å². The van der Waals surface area contributed by atoms with Crippen LogP contribution < -0.4 is 11.5 Å². The molecule has 0 bridgehead atoms. The Bertz CT molecular complexity index is 321. The van der Waals surface area contributed by atoms with Crippen LogP contribution in [0.15, 0.2) is 12.4 Å². The van der Waals surface area contributed by atoms with Crippen LogP contribution in [0.2, 0.25) is 0 Å². The minimum atomic E-state index is -1.16. The summed E-state index contributed by atoms with van der Waals surface area (Å²) >= 11 is 5.39. The number of hydrogen-bond acceptors (Lipinski definition) is 5. The second-order valence-corrected chi connectivity index (χ2v) is 3.21. The average molecular weight is 218 g/mol. The van der Waals surface area contributed by atoms with Gasteiger partial charge in [0.2, 0.25) is 0 Å². The van der Waals surface area contributed by atoms with Crippen molar-refractivity contribution in [3.63, 3.8) is 0 Å². The summed E-state index contributed by atoms with van der Waals surface area (Å²) < 4.78 is 0. The first-order valence-corrected chi connectivity index (χ1v) is 4.52. The third kappa shape index (κ3) is 2.06. The molecule has 14 heavy (non-hydrogen) atoms. The zero-order chi connectivity index (χ0) is 10.7. The van der Waals surface area contributed by atoms with Gasteiger partial charge in [0.25, 0.3) is 0 Å². The minimum Gasteiger partial charge on any atom is -0.397 e. The molecule has 0 aliphatic carbocycles. The molecule has 0 aliphatic rings. The van der Waals surface area contributed by atoms with E-state index < -0.39 is 12.2 Å². The first-order valence-electron chi connectivity index (χ1n) is 3.99. The predicted molar refractivity (Wildman–Crippen MR) is 54.7 cm³/mol. The molecule has 1 heterocycles. The normalized spacial score (nSPS) is 15.1. The fourth-order valence-corrected chi connectivity index (χ4v) is 1.20. The zero-order valence-corrected chi connectivity index (χ0v) is 8.15. The van der Waals surface area contributed by atoms with E-state index in [1.807, 2.05) is 0 Å². The van der Waals surface area contributed by atoms with Crippen molar-refractivity contribution in [1.29, 1.82) is 0 Å². The molecule has 1 aromatic rings. The van der Waals surface area contributed by atoms with Gasteiger partial charge in [-0.25, -0.2) is 0 Å². The summed E-state index contributed by atoms with van der Waals surface area (Å²) in [6.45, 7) is 0. The monoisotopic (exact) mass is 217 g/mol. The van der Waals surface area contributed by atoms with E-state index in [9.17, 15) is 10.2 Å². The van der Waals surface area contributed by atoms with E-state index in [2.05, 4.69) is 4.98 Å². The third-order valence-corrected chi connectivity index (χ3v) is 2.21. The Balaban J connectivity index is 3.01. The van der Waals surface area contributed by atoms with Crippen LogP contribution in [0.1, 0.15) is 11.7 Å². The Hall–Kier alpha value is -1.04. The molecule has 78 valence electrons. The van der Waals surface area contributed by atoms with E-state index in [4.69, 9.17) is 23.1 Å². The van der Waals surface area contributed by atoms with Gasteiger partial charge in [-0.05, 0) is 0 Å². The van der Waals surface area contributed by atoms with Crippen LogP contribution in [0.5, 0.6) is 0 Å². The maximum absolute atomic E-state index is 9.58. The number of rotatable bonds is 3. The first kappa shape index (κ1) is 11.0. The highest BCUT2D eigenvalue weighted by atomic mass is 35.5. The second kappa shape index (κ2) is 4.45. The van der Waals surface area contributed by atoms with E-state index in [0.29, 0.717) is 0 Å². The maximum atomic E-state index is 9.58. The van der Waals surface area contributed by atoms with Crippen LogP contribution in [0.3, 0.4) is 0 Å². The Labute approximate surface area is 86.3 Å². The number of halogens is 1. The number of nitrogens with two attached hydrogens (primary N) is 2. The van der Waals surface area contributed by atoms with Gasteiger partial charge in [-0.1, -0.05) is 0 Å². The number of anilines is 2. The number of aliphatic hydroxyl groups is 2. The van der Waals surface area contributed by atoms with Crippen LogP contribution in [-0.4, -0.2) is 27.2 Å². The number of alkyl halides is 1. The van der Waals surface area contributed by atoms with E-state index in [1.165, 1.54) is 12.4 Å². The first-order chi connectivity index (χ1) is 6.57. The van der Waals surface area contributed by atoms with Crippen molar-refractivity contribution in [3.8, 4) is 0 Å². The molecule has 0 saturated heterocycles. The number of aliphatic hydroxyl groups excluding tert-OH is 2. The lowest BCUT2D eigenvalue weighted by molar-refractivity contribution is 0.0330. The molecule has 0 aromatic carbocycles. The highest BCUT2D eigenvalue weighted by Gasteiger charge is 2.20. The SMILES string of the molecule is Nc1cncc(C(O)C(O)CCl)c1N. The summed E-state index contributed by atoms with van der Waals surface area (Å²) in [7, 11) is 0. The molecule has 0 amide bonds. The molecule has 0 saturated carbocycles. The lowest BCUT2D eigenvalue weighted by Crippen LogP contribution is -2.21. The van der Waals surface area contributed by atoms with Crippen molar-refractivity contribution in [1.82, 2.24) is 4.98 Å². The van der Waals surface area contributed by atoms with E-state index in [-0.39, 0.29) is 22.8 Å². The summed E-state index contributed by atoms with van der Waals surface area (Å²) in [6, 6.07) is 0. The summed E-state index contributed by atoms with van der Waals surface area (Å²) in [5.74, 6) is -0.0879. The minimum absolute atomic E-state index is 0.0879. The second-order valence-electron chi connectivity index (χ2n) is 2.90. The van der Waals surface area contributed by atoms with Crippen molar-refractivity contribution in [2.75, 3.05) is 17.3 Å². The van der Waals surface area contributed by atoms with Crippen LogP contribution in [-0.2, 0) is 0 Å². The van der Waals surface area contributed by atoms with Crippen molar-refractivity contribution in [3.05, 3.63) is 18.0 Å². The van der Waals surface area contributed by atoms with Crippen molar-refractivity contribution in [2.45, 2.75) is 12.2 Å². The van der Waals surface area contributed by atoms with Gasteiger partial charge in [0.15, 0.2) is 0 Å². The molecule has 2 atom stereocenters. The van der Waals surface area contributed by atoms with Crippen LogP contribution >= 0.6 is 11.6 Å². The molecule has 6 heteroatoms. The Morgan fingerprint density at radius 3 is 2.57 bits per heavy atom. The Kier molecular flexibility index (Phi) is 3.51. The van der Waals surface area contributed by atoms with E-state index in [1.54, 1.807) is 0 Å². The molecule has 0 fully saturated rings. The average Bonchev–Trinajstić information content (AvgIpc) is 2.20. The summed E-state index contributed by atoms with van der Waals surface area (Å²) in [6.07, 6.45) is 0.483. The molecule has 6 N–H and O–H groups in total. The largest absolute Gasteiger partial charge is 0.397 e. The van der Waals surface area contributed by atoms with Gasteiger partial charge >= 0.3 is 0 Å². The molecular formula is C8H12ClN3O2. The molecule has 1 rings (SSSR count). The Morgan fingerprint density at radius 1 is 1.36 bits per heavy atom. The summed E-state index contributed by atoms with van der Waals surface area (Å²) in [4.78, 5) is 3.76. The molecule has 0 radical (unpaired) electrons. The maximum Gasteiger partial charge on any atom is 0.110 e. The smallest absolute Gasteiger partial charge is 0.110 e. The lowest BCUT2D eigenvalue weighted by Gasteiger charge is -2.17. The molecule has 5 nitrogen and oxygen atoms in total.